The van der Waals surface area contributed by atoms with Crippen LogP contribution in [0.4, 0.5) is 0 Å². The van der Waals surface area contributed by atoms with Gasteiger partial charge >= 0.3 is 5.69 Å². The predicted molar refractivity (Wildman–Crippen MR) is 70.5 cm³/mol. The van der Waals surface area contributed by atoms with E-state index in [1.165, 1.54) is 15.9 Å². The molecule has 0 radical (unpaired) electrons. The van der Waals surface area contributed by atoms with Crippen molar-refractivity contribution >= 4 is 21.6 Å². The molecule has 0 aliphatic rings. The van der Waals surface area contributed by atoms with Gasteiger partial charge in [-0.05, 0) is 17.9 Å². The summed E-state index contributed by atoms with van der Waals surface area (Å²) in [7, 11) is 0. The zero-order valence-corrected chi connectivity index (χ0v) is 11.1. The molecule has 7 nitrogen and oxygen atoms in total. The van der Waals surface area contributed by atoms with Crippen molar-refractivity contribution in [2.45, 2.75) is 19.8 Å². The van der Waals surface area contributed by atoms with Crippen LogP contribution >= 0.6 is 11.3 Å². The number of H-pyrrole nitrogens is 1. The molecule has 0 aromatic carbocycles. The zero-order valence-electron chi connectivity index (χ0n) is 10.3. The summed E-state index contributed by atoms with van der Waals surface area (Å²) in [5, 5.41) is 19.6. The molecule has 3 N–H and O–H groups in total. The van der Waals surface area contributed by atoms with Crippen molar-refractivity contribution < 1.29 is 14.9 Å². The van der Waals surface area contributed by atoms with Crippen LogP contribution in [-0.4, -0.2) is 39.1 Å². The minimum atomic E-state index is -0.757. The summed E-state index contributed by atoms with van der Waals surface area (Å²) in [6, 6.07) is 0. The molecule has 0 bridgehead atoms. The van der Waals surface area contributed by atoms with Crippen molar-refractivity contribution in [2.75, 3.05) is 13.2 Å². The molecule has 2 aromatic rings. The van der Waals surface area contributed by atoms with Crippen molar-refractivity contribution in [1.82, 2.24) is 9.55 Å². The first-order valence-corrected chi connectivity index (χ1v) is 6.50. The fourth-order valence-electron chi connectivity index (χ4n) is 1.72. The number of fused-ring (bicyclic) bond motifs is 1. The Kier molecular flexibility index (Phi) is 4.15. The minimum Gasteiger partial charge on any atom is -0.394 e. The third-order valence-electron chi connectivity index (χ3n) is 2.73. The summed E-state index contributed by atoms with van der Waals surface area (Å²) in [5.74, 6) is 0. The Morgan fingerprint density at radius 1 is 1.42 bits per heavy atom. The Labute approximate surface area is 111 Å². The second kappa shape index (κ2) is 5.66. The number of aromatic amines is 1. The lowest BCUT2D eigenvalue weighted by Crippen LogP contribution is -2.33. The second-order valence-corrected chi connectivity index (χ2v) is 4.95. The summed E-state index contributed by atoms with van der Waals surface area (Å²) in [5.41, 5.74) is 0.327. The van der Waals surface area contributed by atoms with Crippen LogP contribution in [0.25, 0.3) is 10.2 Å². The van der Waals surface area contributed by atoms with Crippen LogP contribution < -0.4 is 11.2 Å². The molecule has 104 valence electrons. The molecule has 2 heterocycles. The molecule has 2 aromatic heterocycles. The molecule has 0 unspecified atom stereocenters. The number of aliphatic hydroxyl groups excluding tert-OH is 2. The lowest BCUT2D eigenvalue weighted by molar-refractivity contribution is -0.0499. The van der Waals surface area contributed by atoms with Crippen LogP contribution in [0, 0.1) is 6.92 Å². The molecule has 0 saturated carbocycles. The van der Waals surface area contributed by atoms with E-state index in [2.05, 4.69) is 4.98 Å². The number of aliphatic hydroxyl groups is 2. The highest BCUT2D eigenvalue weighted by Gasteiger charge is 2.13. The maximum atomic E-state index is 11.8. The summed E-state index contributed by atoms with van der Waals surface area (Å²) < 4.78 is 6.95. The number of nitrogens with zero attached hydrogens (tertiary/aromatic N) is 1. The van der Waals surface area contributed by atoms with E-state index in [9.17, 15) is 9.59 Å². The Bertz CT molecular complexity index is 682. The van der Waals surface area contributed by atoms with Crippen molar-refractivity contribution in [1.29, 1.82) is 0 Å². The molecule has 0 aliphatic heterocycles. The average molecular weight is 286 g/mol. The maximum absolute atomic E-state index is 11.8. The summed E-state index contributed by atoms with van der Waals surface area (Å²) in [4.78, 5) is 25.6. The van der Waals surface area contributed by atoms with Gasteiger partial charge < -0.3 is 14.9 Å². The van der Waals surface area contributed by atoms with Crippen molar-refractivity contribution in [3.8, 4) is 0 Å². The van der Waals surface area contributed by atoms with Crippen molar-refractivity contribution in [3.05, 3.63) is 31.8 Å². The van der Waals surface area contributed by atoms with E-state index in [-0.39, 0.29) is 19.9 Å². The highest BCUT2D eigenvalue weighted by atomic mass is 32.1. The molecule has 0 atom stereocenters. The number of ether oxygens (including phenoxy) is 1. The second-order valence-electron chi connectivity index (χ2n) is 4.07. The van der Waals surface area contributed by atoms with Gasteiger partial charge in [0, 0.05) is 0 Å². The first-order valence-electron chi connectivity index (χ1n) is 5.62. The van der Waals surface area contributed by atoms with Gasteiger partial charge in [0.2, 0.25) is 0 Å². The topological polar surface area (TPSA) is 105 Å². The number of aromatic nitrogens is 2. The van der Waals surface area contributed by atoms with E-state index in [0.717, 1.165) is 5.56 Å². The van der Waals surface area contributed by atoms with Gasteiger partial charge in [0.1, 0.15) is 17.5 Å². The molecule has 0 amide bonds. The number of nitrogens with one attached hydrogen (secondary N) is 1. The first-order chi connectivity index (χ1) is 9.08. The molecular weight excluding hydrogens is 272 g/mol. The number of hydrogen-bond acceptors (Lipinski definition) is 6. The van der Waals surface area contributed by atoms with Gasteiger partial charge in [0.15, 0.2) is 0 Å². The van der Waals surface area contributed by atoms with Gasteiger partial charge in [0.05, 0.1) is 18.7 Å². The van der Waals surface area contributed by atoms with Crippen molar-refractivity contribution in [3.63, 3.8) is 0 Å². The maximum Gasteiger partial charge on any atom is 0.330 e. The Morgan fingerprint density at radius 3 is 2.74 bits per heavy atom. The van der Waals surface area contributed by atoms with Gasteiger partial charge in [-0.3, -0.25) is 14.3 Å². The van der Waals surface area contributed by atoms with E-state index >= 15 is 0 Å². The van der Waals surface area contributed by atoms with Gasteiger partial charge in [0.25, 0.3) is 5.56 Å². The highest BCUT2D eigenvalue weighted by molar-refractivity contribution is 7.17. The van der Waals surface area contributed by atoms with Crippen LogP contribution in [0.15, 0.2) is 15.0 Å². The van der Waals surface area contributed by atoms with Crippen molar-refractivity contribution in [2.24, 2.45) is 0 Å². The smallest absolute Gasteiger partial charge is 0.330 e. The van der Waals surface area contributed by atoms with Crippen LogP contribution in [-0.2, 0) is 11.5 Å². The lowest BCUT2D eigenvalue weighted by atomic mass is 10.3. The number of aryl methyl sites for hydroxylation is 1. The fraction of sp³-hybridized carbons (Fsp3) is 0.455. The fourth-order valence-corrected chi connectivity index (χ4v) is 2.67. The molecule has 2 rings (SSSR count). The van der Waals surface area contributed by atoms with Crippen LogP contribution in [0.1, 0.15) is 5.56 Å². The number of hydrogen-bond donors (Lipinski definition) is 3. The van der Waals surface area contributed by atoms with Crippen LogP contribution in [0.3, 0.4) is 0 Å². The molecule has 0 saturated heterocycles. The first kappa shape index (κ1) is 13.9. The summed E-state index contributed by atoms with van der Waals surface area (Å²) >= 11 is 1.25. The molecule has 0 spiro atoms. The molecule has 19 heavy (non-hydrogen) atoms. The van der Waals surface area contributed by atoms with Gasteiger partial charge in [-0.25, -0.2) is 4.79 Å². The molecule has 8 heteroatoms. The van der Waals surface area contributed by atoms with E-state index in [0.29, 0.717) is 10.2 Å². The Hall–Kier alpha value is -1.48. The number of thiophene rings is 1. The molecule has 0 aliphatic carbocycles. The zero-order chi connectivity index (χ0) is 14.0. The van der Waals surface area contributed by atoms with Crippen LogP contribution in [0.5, 0.6) is 0 Å². The SMILES string of the molecule is Cc1csc2c(=O)[nH]c(=O)n(COC(CO)CO)c12. The van der Waals surface area contributed by atoms with E-state index < -0.39 is 17.4 Å². The third kappa shape index (κ3) is 2.61. The van der Waals surface area contributed by atoms with Gasteiger partial charge in [-0.1, -0.05) is 0 Å². The minimum absolute atomic E-state index is 0.143. The standard InChI is InChI=1S/C11H14N2O5S/c1-6-4-19-9-8(6)13(11(17)12-10(9)16)5-18-7(2-14)3-15/h4,7,14-15H,2-3,5H2,1H3,(H,12,16,17). The summed E-state index contributed by atoms with van der Waals surface area (Å²) in [6.45, 7) is 0.958. The summed E-state index contributed by atoms with van der Waals surface area (Å²) in [6.07, 6.45) is -0.757. The molecule has 0 fully saturated rings. The lowest BCUT2D eigenvalue weighted by Gasteiger charge is -2.14. The third-order valence-corrected chi connectivity index (χ3v) is 3.82. The Balaban J connectivity index is 2.45. The average Bonchev–Trinajstić information content (AvgIpc) is 2.76. The van der Waals surface area contributed by atoms with E-state index in [1.807, 2.05) is 0 Å². The molecular formula is C11H14N2O5S. The van der Waals surface area contributed by atoms with Crippen LogP contribution in [0.2, 0.25) is 0 Å². The van der Waals surface area contributed by atoms with Gasteiger partial charge in [-0.2, -0.15) is 0 Å². The largest absolute Gasteiger partial charge is 0.394 e. The normalized spacial score (nSPS) is 11.6. The monoisotopic (exact) mass is 286 g/mol. The predicted octanol–water partition coefficient (Wildman–Crippen LogP) is -0.613. The van der Waals surface area contributed by atoms with E-state index in [4.69, 9.17) is 14.9 Å². The highest BCUT2D eigenvalue weighted by Crippen LogP contribution is 2.20. The number of rotatable bonds is 5. The van der Waals surface area contributed by atoms with E-state index in [1.54, 1.807) is 12.3 Å². The Morgan fingerprint density at radius 2 is 2.11 bits per heavy atom. The quantitative estimate of drug-likeness (QED) is 0.680. The van der Waals surface area contributed by atoms with Gasteiger partial charge in [-0.15, -0.1) is 11.3 Å².